The first-order valence-electron chi connectivity index (χ1n) is 6.09. The van der Waals surface area contributed by atoms with E-state index < -0.39 is 11.9 Å². The number of hydrogen-bond acceptors (Lipinski definition) is 3. The molecule has 0 aliphatic carbocycles. The quantitative estimate of drug-likeness (QED) is 0.759. The number of anilines is 2. The van der Waals surface area contributed by atoms with E-state index in [9.17, 15) is 9.59 Å². The lowest BCUT2D eigenvalue weighted by atomic mass is 10.1. The van der Waals surface area contributed by atoms with Crippen LogP contribution in [0, 0.1) is 6.92 Å². The number of aryl methyl sites for hydroxylation is 1. The monoisotopic (exact) mass is 304 g/mol. The van der Waals surface area contributed by atoms with Crippen LogP contribution in [0.4, 0.5) is 11.4 Å². The first kappa shape index (κ1) is 14.9. The van der Waals surface area contributed by atoms with Crippen LogP contribution < -0.4 is 11.1 Å². The average Bonchev–Trinajstić information content (AvgIpc) is 2.43. The summed E-state index contributed by atoms with van der Waals surface area (Å²) in [5, 5.41) is 12.0. The summed E-state index contributed by atoms with van der Waals surface area (Å²) in [5.74, 6) is -1.65. The molecule has 0 fully saturated rings. The molecule has 0 radical (unpaired) electrons. The molecule has 0 unspecified atom stereocenters. The number of hydrogen-bond donors (Lipinski definition) is 3. The van der Waals surface area contributed by atoms with E-state index in [1.54, 1.807) is 25.1 Å². The number of carboxylic acid groups (broad SMARTS) is 1. The number of halogens is 1. The lowest BCUT2D eigenvalue weighted by Gasteiger charge is -2.11. The summed E-state index contributed by atoms with van der Waals surface area (Å²) in [6.07, 6.45) is 0. The van der Waals surface area contributed by atoms with Crippen LogP contribution in [0.25, 0.3) is 0 Å². The largest absolute Gasteiger partial charge is 0.478 e. The van der Waals surface area contributed by atoms with Gasteiger partial charge in [-0.1, -0.05) is 23.7 Å². The standard InChI is InChI=1S/C15H13ClN2O3/c1-8-3-2-4-10(13(8)16)14(19)18-12-6-5-9(17)7-11(12)15(20)21/h2-7H,17H2,1H3,(H,18,19)(H,20,21). The molecule has 0 bridgehead atoms. The summed E-state index contributed by atoms with van der Waals surface area (Å²) in [4.78, 5) is 23.4. The first-order valence-corrected chi connectivity index (χ1v) is 6.47. The third kappa shape index (κ3) is 3.14. The first-order chi connectivity index (χ1) is 9.90. The zero-order valence-corrected chi connectivity index (χ0v) is 11.9. The minimum Gasteiger partial charge on any atom is -0.478 e. The third-order valence-electron chi connectivity index (χ3n) is 2.96. The van der Waals surface area contributed by atoms with E-state index in [0.717, 1.165) is 5.56 Å². The Morgan fingerprint density at radius 2 is 1.90 bits per heavy atom. The Hall–Kier alpha value is -2.53. The summed E-state index contributed by atoms with van der Waals surface area (Å²) in [6.45, 7) is 1.78. The van der Waals surface area contributed by atoms with Crippen LogP contribution >= 0.6 is 11.6 Å². The molecule has 0 atom stereocenters. The van der Waals surface area contributed by atoms with Gasteiger partial charge in [-0.15, -0.1) is 0 Å². The summed E-state index contributed by atoms with van der Waals surface area (Å²) in [5.41, 5.74) is 6.99. The van der Waals surface area contributed by atoms with Gasteiger partial charge in [-0.2, -0.15) is 0 Å². The number of carbonyl (C=O) groups is 2. The smallest absolute Gasteiger partial charge is 0.337 e. The van der Waals surface area contributed by atoms with Gasteiger partial charge in [0.15, 0.2) is 0 Å². The van der Waals surface area contributed by atoms with Crippen molar-refractivity contribution in [3.05, 3.63) is 58.1 Å². The minimum absolute atomic E-state index is 0.0767. The molecule has 2 aromatic carbocycles. The van der Waals surface area contributed by atoms with E-state index in [4.69, 9.17) is 22.4 Å². The molecule has 4 N–H and O–H groups in total. The van der Waals surface area contributed by atoms with E-state index in [2.05, 4.69) is 5.32 Å². The molecule has 6 heteroatoms. The number of nitrogens with two attached hydrogens (primary N) is 1. The van der Waals surface area contributed by atoms with Crippen LogP contribution in [0.3, 0.4) is 0 Å². The summed E-state index contributed by atoms with van der Waals surface area (Å²) >= 11 is 6.08. The molecule has 0 heterocycles. The Morgan fingerprint density at radius 1 is 1.19 bits per heavy atom. The minimum atomic E-state index is -1.17. The zero-order valence-electron chi connectivity index (χ0n) is 11.2. The highest BCUT2D eigenvalue weighted by Crippen LogP contribution is 2.23. The highest BCUT2D eigenvalue weighted by atomic mass is 35.5. The van der Waals surface area contributed by atoms with Gasteiger partial charge in [-0.25, -0.2) is 4.79 Å². The van der Waals surface area contributed by atoms with Crippen molar-refractivity contribution >= 4 is 34.9 Å². The van der Waals surface area contributed by atoms with Crippen molar-refractivity contribution in [1.29, 1.82) is 0 Å². The molecular formula is C15H13ClN2O3. The van der Waals surface area contributed by atoms with Crippen LogP contribution in [0.1, 0.15) is 26.3 Å². The second kappa shape index (κ2) is 5.85. The van der Waals surface area contributed by atoms with Crippen LogP contribution in [-0.4, -0.2) is 17.0 Å². The zero-order chi connectivity index (χ0) is 15.6. The van der Waals surface area contributed by atoms with Gasteiger partial charge in [0.1, 0.15) is 0 Å². The molecule has 0 aliphatic heterocycles. The fourth-order valence-corrected chi connectivity index (χ4v) is 2.07. The van der Waals surface area contributed by atoms with Gasteiger partial charge >= 0.3 is 5.97 Å². The molecule has 0 aliphatic rings. The number of carbonyl (C=O) groups excluding carboxylic acids is 1. The highest BCUT2D eigenvalue weighted by Gasteiger charge is 2.16. The molecule has 2 rings (SSSR count). The van der Waals surface area contributed by atoms with Gasteiger partial charge < -0.3 is 16.2 Å². The van der Waals surface area contributed by atoms with Gasteiger partial charge in [-0.3, -0.25) is 4.79 Å². The number of benzene rings is 2. The maximum absolute atomic E-state index is 12.2. The number of carboxylic acids is 1. The lowest BCUT2D eigenvalue weighted by Crippen LogP contribution is -2.15. The van der Waals surface area contributed by atoms with Crippen LogP contribution in [0.5, 0.6) is 0 Å². The van der Waals surface area contributed by atoms with Crippen molar-refractivity contribution in [3.63, 3.8) is 0 Å². The molecule has 0 spiro atoms. The third-order valence-corrected chi connectivity index (χ3v) is 3.46. The molecule has 1 amide bonds. The van der Waals surface area contributed by atoms with Crippen molar-refractivity contribution in [1.82, 2.24) is 0 Å². The molecule has 0 saturated heterocycles. The Labute approximate surface area is 126 Å². The normalized spacial score (nSPS) is 10.2. The highest BCUT2D eigenvalue weighted by molar-refractivity contribution is 6.35. The lowest BCUT2D eigenvalue weighted by molar-refractivity contribution is 0.0698. The number of nitrogen functional groups attached to an aromatic ring is 1. The van der Waals surface area contributed by atoms with Crippen LogP contribution in [0.2, 0.25) is 5.02 Å². The van der Waals surface area contributed by atoms with Crippen molar-refractivity contribution in [2.24, 2.45) is 0 Å². The van der Waals surface area contributed by atoms with Crippen molar-refractivity contribution in [3.8, 4) is 0 Å². The van der Waals surface area contributed by atoms with Crippen molar-refractivity contribution < 1.29 is 14.7 Å². The van der Waals surface area contributed by atoms with E-state index >= 15 is 0 Å². The number of rotatable bonds is 3. The van der Waals surface area contributed by atoms with Gasteiger partial charge in [0.05, 0.1) is 21.8 Å². The Kier molecular flexibility index (Phi) is 4.14. The predicted octanol–water partition coefficient (Wildman–Crippen LogP) is 3.18. The fourth-order valence-electron chi connectivity index (χ4n) is 1.86. The second-order valence-corrected chi connectivity index (χ2v) is 4.88. The molecule has 5 nitrogen and oxygen atoms in total. The van der Waals surface area contributed by atoms with Gasteiger partial charge in [-0.05, 0) is 36.8 Å². The van der Waals surface area contributed by atoms with E-state index in [1.807, 2.05) is 0 Å². The average molecular weight is 305 g/mol. The second-order valence-electron chi connectivity index (χ2n) is 4.50. The van der Waals surface area contributed by atoms with E-state index in [-0.39, 0.29) is 16.8 Å². The van der Waals surface area contributed by atoms with Crippen molar-refractivity contribution in [2.45, 2.75) is 6.92 Å². The maximum atomic E-state index is 12.2. The predicted molar refractivity (Wildman–Crippen MR) is 82.0 cm³/mol. The van der Waals surface area contributed by atoms with Crippen LogP contribution in [-0.2, 0) is 0 Å². The maximum Gasteiger partial charge on any atom is 0.337 e. The molecule has 0 aromatic heterocycles. The van der Waals surface area contributed by atoms with Gasteiger partial charge in [0.25, 0.3) is 5.91 Å². The SMILES string of the molecule is Cc1cccc(C(=O)Nc2ccc(N)cc2C(=O)O)c1Cl. The molecular weight excluding hydrogens is 292 g/mol. The Bertz CT molecular complexity index is 729. The topological polar surface area (TPSA) is 92.4 Å². The number of aromatic carboxylic acids is 1. The molecule has 0 saturated carbocycles. The van der Waals surface area contributed by atoms with E-state index in [0.29, 0.717) is 10.7 Å². The molecule has 21 heavy (non-hydrogen) atoms. The van der Waals surface area contributed by atoms with Crippen LogP contribution in [0.15, 0.2) is 36.4 Å². The number of nitrogens with one attached hydrogen (secondary N) is 1. The summed E-state index contributed by atoms with van der Waals surface area (Å²) < 4.78 is 0. The summed E-state index contributed by atoms with van der Waals surface area (Å²) in [6, 6.07) is 9.31. The Balaban J connectivity index is 2.36. The van der Waals surface area contributed by atoms with Gasteiger partial charge in [0.2, 0.25) is 0 Å². The Morgan fingerprint density at radius 3 is 2.57 bits per heavy atom. The van der Waals surface area contributed by atoms with E-state index in [1.165, 1.54) is 18.2 Å². The van der Waals surface area contributed by atoms with Gasteiger partial charge in [0, 0.05) is 5.69 Å². The summed E-state index contributed by atoms with van der Waals surface area (Å²) in [7, 11) is 0. The number of amides is 1. The molecule has 2 aromatic rings. The fraction of sp³-hybridized carbons (Fsp3) is 0.0667. The molecule has 108 valence electrons. The van der Waals surface area contributed by atoms with Crippen molar-refractivity contribution in [2.75, 3.05) is 11.1 Å².